The van der Waals surface area contributed by atoms with Crippen molar-refractivity contribution in [2.24, 2.45) is 0 Å². The van der Waals surface area contributed by atoms with E-state index in [0.29, 0.717) is 5.92 Å². The number of nitrogens with one attached hydrogen (secondary N) is 1. The first kappa shape index (κ1) is 17.7. The molecule has 1 saturated carbocycles. The fourth-order valence-electron chi connectivity index (χ4n) is 2.10. The molecule has 1 aliphatic carbocycles. The van der Waals surface area contributed by atoms with Gasteiger partial charge in [0.2, 0.25) is 0 Å². The largest absolute Gasteiger partial charge is 0.448 e. The molecule has 2 rings (SSSR count). The van der Waals surface area contributed by atoms with E-state index in [-0.39, 0.29) is 17.5 Å². The summed E-state index contributed by atoms with van der Waals surface area (Å²) in [5.74, 6) is -0.706. The molecule has 0 spiro atoms. The molecular formula is C19H22N2O3. The van der Waals surface area contributed by atoms with Gasteiger partial charge in [0.25, 0.3) is 5.91 Å². The number of rotatable bonds is 6. The molecule has 0 aliphatic heterocycles. The van der Waals surface area contributed by atoms with Crippen LogP contribution in [0, 0.1) is 11.3 Å². The molecule has 0 radical (unpaired) electrons. The zero-order valence-electron chi connectivity index (χ0n) is 14.2. The zero-order chi connectivity index (χ0) is 17.7. The van der Waals surface area contributed by atoms with E-state index in [9.17, 15) is 14.9 Å². The second kappa shape index (κ2) is 7.78. The maximum absolute atomic E-state index is 12.1. The van der Waals surface area contributed by atoms with Gasteiger partial charge in [-0.2, -0.15) is 5.26 Å². The average Bonchev–Trinajstić information content (AvgIpc) is 3.36. The van der Waals surface area contributed by atoms with Gasteiger partial charge in [-0.3, -0.25) is 4.79 Å². The van der Waals surface area contributed by atoms with Crippen LogP contribution in [0.4, 0.5) is 0 Å². The Bertz CT molecular complexity index is 680. The SMILES string of the molecule is CC(C)c1ccc(/C=C(\C#N)C(=O)O[C@@H](C)C(=O)NC2CC2)cc1. The van der Waals surface area contributed by atoms with E-state index in [1.54, 1.807) is 0 Å². The Morgan fingerprint density at radius 2 is 1.88 bits per heavy atom. The molecular weight excluding hydrogens is 304 g/mol. The highest BCUT2D eigenvalue weighted by Gasteiger charge is 2.27. The molecule has 1 aromatic rings. The van der Waals surface area contributed by atoms with Gasteiger partial charge in [-0.1, -0.05) is 38.1 Å². The summed E-state index contributed by atoms with van der Waals surface area (Å²) in [6.07, 6.45) is 2.47. The molecule has 0 saturated heterocycles. The van der Waals surface area contributed by atoms with Gasteiger partial charge in [-0.15, -0.1) is 0 Å². The number of benzene rings is 1. The van der Waals surface area contributed by atoms with Crippen molar-refractivity contribution in [3.63, 3.8) is 0 Å². The van der Waals surface area contributed by atoms with Crippen molar-refractivity contribution in [1.29, 1.82) is 5.26 Å². The van der Waals surface area contributed by atoms with Gasteiger partial charge in [-0.05, 0) is 42.9 Å². The van der Waals surface area contributed by atoms with Crippen LogP contribution in [0.25, 0.3) is 6.08 Å². The van der Waals surface area contributed by atoms with Crippen LogP contribution in [0.1, 0.15) is 50.7 Å². The van der Waals surface area contributed by atoms with Crippen LogP contribution in [0.2, 0.25) is 0 Å². The lowest BCUT2D eigenvalue weighted by Crippen LogP contribution is -2.37. The minimum atomic E-state index is -0.918. The zero-order valence-corrected chi connectivity index (χ0v) is 14.2. The molecule has 0 bridgehead atoms. The van der Waals surface area contributed by atoms with Gasteiger partial charge in [0.1, 0.15) is 11.6 Å². The maximum atomic E-state index is 12.1. The van der Waals surface area contributed by atoms with Crippen molar-refractivity contribution in [3.05, 3.63) is 41.0 Å². The van der Waals surface area contributed by atoms with Gasteiger partial charge in [0.05, 0.1) is 0 Å². The van der Waals surface area contributed by atoms with Crippen LogP contribution in [0.5, 0.6) is 0 Å². The Morgan fingerprint density at radius 1 is 1.25 bits per heavy atom. The predicted molar refractivity (Wildman–Crippen MR) is 90.8 cm³/mol. The summed E-state index contributed by atoms with van der Waals surface area (Å²) in [6, 6.07) is 9.66. The fraction of sp³-hybridized carbons (Fsp3) is 0.421. The molecule has 1 atom stereocenters. The molecule has 126 valence electrons. The molecule has 5 nitrogen and oxygen atoms in total. The second-order valence-corrected chi connectivity index (χ2v) is 6.32. The van der Waals surface area contributed by atoms with E-state index in [2.05, 4.69) is 19.2 Å². The summed E-state index contributed by atoms with van der Waals surface area (Å²) in [7, 11) is 0. The van der Waals surface area contributed by atoms with Crippen LogP contribution in [0.15, 0.2) is 29.8 Å². The maximum Gasteiger partial charge on any atom is 0.349 e. The van der Waals surface area contributed by atoms with Crippen molar-refractivity contribution in [2.75, 3.05) is 0 Å². The Hall–Kier alpha value is -2.61. The van der Waals surface area contributed by atoms with Crippen LogP contribution in [0.3, 0.4) is 0 Å². The first-order valence-corrected chi connectivity index (χ1v) is 8.13. The van der Waals surface area contributed by atoms with Gasteiger partial charge >= 0.3 is 5.97 Å². The standard InChI is InChI=1S/C19H22N2O3/c1-12(2)15-6-4-14(5-7-15)10-16(11-20)19(23)24-13(3)18(22)21-17-8-9-17/h4-7,10,12-13,17H,8-9H2,1-3H3,(H,21,22)/b16-10+/t13-/m0/s1. The Morgan fingerprint density at radius 3 is 2.38 bits per heavy atom. The van der Waals surface area contributed by atoms with Crippen LogP contribution < -0.4 is 5.32 Å². The summed E-state index contributed by atoms with van der Waals surface area (Å²) in [6.45, 7) is 5.69. The lowest BCUT2D eigenvalue weighted by Gasteiger charge is -2.12. The molecule has 1 fully saturated rings. The number of esters is 1. The van der Waals surface area contributed by atoms with Crippen molar-refractivity contribution in [1.82, 2.24) is 5.32 Å². The van der Waals surface area contributed by atoms with Crippen LogP contribution in [-0.2, 0) is 14.3 Å². The highest BCUT2D eigenvalue weighted by molar-refractivity contribution is 5.99. The van der Waals surface area contributed by atoms with Gasteiger partial charge in [-0.25, -0.2) is 4.79 Å². The summed E-state index contributed by atoms with van der Waals surface area (Å²) in [4.78, 5) is 23.9. The summed E-state index contributed by atoms with van der Waals surface area (Å²) < 4.78 is 5.09. The van der Waals surface area contributed by atoms with Gasteiger partial charge in [0, 0.05) is 6.04 Å². The van der Waals surface area contributed by atoms with E-state index in [1.165, 1.54) is 18.6 Å². The van der Waals surface area contributed by atoms with E-state index < -0.39 is 12.1 Å². The molecule has 1 aromatic carbocycles. The number of hydrogen-bond acceptors (Lipinski definition) is 4. The summed E-state index contributed by atoms with van der Waals surface area (Å²) >= 11 is 0. The number of ether oxygens (including phenoxy) is 1. The second-order valence-electron chi connectivity index (χ2n) is 6.32. The monoisotopic (exact) mass is 326 g/mol. The number of amides is 1. The first-order valence-electron chi connectivity index (χ1n) is 8.13. The Labute approximate surface area is 142 Å². The highest BCUT2D eigenvalue weighted by atomic mass is 16.5. The third kappa shape index (κ3) is 4.95. The van der Waals surface area contributed by atoms with Crippen molar-refractivity contribution < 1.29 is 14.3 Å². The minimum Gasteiger partial charge on any atom is -0.448 e. The predicted octanol–water partition coefficient (Wildman–Crippen LogP) is 2.93. The molecule has 5 heteroatoms. The van der Waals surface area contributed by atoms with Gasteiger partial charge in [0.15, 0.2) is 6.10 Å². The van der Waals surface area contributed by atoms with Crippen LogP contribution >= 0.6 is 0 Å². The topological polar surface area (TPSA) is 79.2 Å². The van der Waals surface area contributed by atoms with Crippen molar-refractivity contribution >= 4 is 18.0 Å². The smallest absolute Gasteiger partial charge is 0.349 e. The molecule has 0 unspecified atom stereocenters. The number of carbonyl (C=O) groups is 2. The van der Waals surface area contributed by atoms with Crippen molar-refractivity contribution in [2.45, 2.75) is 51.7 Å². The number of carbonyl (C=O) groups excluding carboxylic acids is 2. The third-order valence-electron chi connectivity index (χ3n) is 3.83. The van der Waals surface area contributed by atoms with E-state index in [1.807, 2.05) is 30.3 Å². The average molecular weight is 326 g/mol. The highest BCUT2D eigenvalue weighted by Crippen LogP contribution is 2.19. The summed E-state index contributed by atoms with van der Waals surface area (Å²) in [5, 5.41) is 12.0. The van der Waals surface area contributed by atoms with Crippen LogP contribution in [-0.4, -0.2) is 24.0 Å². The van der Waals surface area contributed by atoms with E-state index in [4.69, 9.17) is 4.74 Å². The minimum absolute atomic E-state index is 0.127. The lowest BCUT2D eigenvalue weighted by atomic mass is 10.0. The van der Waals surface area contributed by atoms with E-state index in [0.717, 1.165) is 18.4 Å². The van der Waals surface area contributed by atoms with Gasteiger partial charge < -0.3 is 10.1 Å². The molecule has 1 amide bonds. The molecule has 24 heavy (non-hydrogen) atoms. The fourth-order valence-corrected chi connectivity index (χ4v) is 2.10. The molecule has 1 aliphatic rings. The number of hydrogen-bond donors (Lipinski definition) is 1. The molecule has 0 aromatic heterocycles. The lowest BCUT2D eigenvalue weighted by molar-refractivity contribution is -0.150. The summed E-state index contributed by atoms with van der Waals surface area (Å²) in [5.41, 5.74) is 1.79. The first-order chi connectivity index (χ1) is 11.4. The molecule has 0 heterocycles. The van der Waals surface area contributed by atoms with E-state index >= 15 is 0 Å². The Balaban J connectivity index is 2.01. The number of nitrogens with zero attached hydrogens (tertiary/aromatic N) is 1. The normalized spacial score (nSPS) is 15.5. The van der Waals surface area contributed by atoms with Crippen molar-refractivity contribution in [3.8, 4) is 6.07 Å². The Kier molecular flexibility index (Phi) is 5.75. The molecule has 1 N–H and O–H groups in total. The third-order valence-corrected chi connectivity index (χ3v) is 3.83. The number of nitriles is 1. The quantitative estimate of drug-likeness (QED) is 0.495.